The Morgan fingerprint density at radius 1 is 1.13 bits per heavy atom. The van der Waals surface area contributed by atoms with E-state index in [9.17, 15) is 5.11 Å². The molecule has 30 heavy (non-hydrogen) atoms. The maximum atomic E-state index is 10.9. The Morgan fingerprint density at radius 2 is 1.93 bits per heavy atom. The number of aromatic nitrogens is 4. The van der Waals surface area contributed by atoms with Gasteiger partial charge in [0.05, 0.1) is 40.1 Å². The zero-order valence-electron chi connectivity index (χ0n) is 17.3. The summed E-state index contributed by atoms with van der Waals surface area (Å²) in [6, 6.07) is 12.5. The van der Waals surface area contributed by atoms with Crippen LogP contribution in [0.15, 0.2) is 42.7 Å². The molecule has 6 heteroatoms. The maximum absolute atomic E-state index is 10.9. The minimum Gasteiger partial charge on any atom is -0.386 e. The predicted molar refractivity (Wildman–Crippen MR) is 116 cm³/mol. The highest BCUT2D eigenvalue weighted by molar-refractivity contribution is 5.87. The Bertz CT molecular complexity index is 1280. The summed E-state index contributed by atoms with van der Waals surface area (Å²) >= 11 is 0. The molecule has 0 radical (unpaired) electrons. The molecular weight excluding hydrogens is 374 g/mol. The lowest BCUT2D eigenvalue weighted by molar-refractivity contribution is 0.0793. The molecular formula is C24H25N5O. The fraction of sp³-hybridized carbons (Fsp3) is 0.375. The van der Waals surface area contributed by atoms with Crippen molar-refractivity contribution >= 4 is 16.4 Å². The van der Waals surface area contributed by atoms with Crippen molar-refractivity contribution < 1.29 is 5.11 Å². The second-order valence-corrected chi connectivity index (χ2v) is 8.83. The number of nitriles is 1. The molecule has 1 fully saturated rings. The first-order chi connectivity index (χ1) is 14.4. The molecule has 0 bridgehead atoms. The number of aliphatic hydroxyl groups is 1. The largest absolute Gasteiger partial charge is 0.386 e. The molecule has 3 aromatic heterocycles. The van der Waals surface area contributed by atoms with Crippen LogP contribution < -0.4 is 0 Å². The van der Waals surface area contributed by atoms with Crippen molar-refractivity contribution in [3.63, 3.8) is 0 Å². The van der Waals surface area contributed by atoms with Crippen LogP contribution in [0.3, 0.4) is 0 Å². The van der Waals surface area contributed by atoms with Crippen molar-refractivity contribution in [2.75, 3.05) is 0 Å². The van der Waals surface area contributed by atoms with Crippen molar-refractivity contribution in [2.24, 2.45) is 0 Å². The molecule has 4 aromatic rings. The van der Waals surface area contributed by atoms with E-state index in [2.05, 4.69) is 28.1 Å². The van der Waals surface area contributed by atoms with Crippen molar-refractivity contribution in [3.05, 3.63) is 53.9 Å². The number of benzene rings is 1. The van der Waals surface area contributed by atoms with Crippen LogP contribution in [-0.2, 0) is 5.60 Å². The molecule has 6 nitrogen and oxygen atoms in total. The Kier molecular flexibility index (Phi) is 4.37. The summed E-state index contributed by atoms with van der Waals surface area (Å²) in [6.45, 7) is 3.60. The lowest BCUT2D eigenvalue weighted by Crippen LogP contribution is -2.17. The van der Waals surface area contributed by atoms with Gasteiger partial charge in [0.25, 0.3) is 0 Å². The first-order valence-electron chi connectivity index (χ1n) is 10.6. The fourth-order valence-electron chi connectivity index (χ4n) is 4.61. The third-order valence-electron chi connectivity index (χ3n) is 6.17. The lowest BCUT2D eigenvalue weighted by atomic mass is 9.90. The lowest BCUT2D eigenvalue weighted by Gasteiger charge is -2.22. The molecule has 3 heterocycles. The molecule has 5 rings (SSSR count). The van der Waals surface area contributed by atoms with Gasteiger partial charge in [0, 0.05) is 17.1 Å². The monoisotopic (exact) mass is 399 g/mol. The average molecular weight is 399 g/mol. The summed E-state index contributed by atoms with van der Waals surface area (Å²) in [5, 5.41) is 30.5. The second-order valence-electron chi connectivity index (χ2n) is 8.83. The van der Waals surface area contributed by atoms with Crippen molar-refractivity contribution in [3.8, 4) is 17.3 Å². The van der Waals surface area contributed by atoms with Crippen LogP contribution in [0.5, 0.6) is 0 Å². The minimum atomic E-state index is -1.03. The Labute approximate surface area is 175 Å². The normalized spacial score (nSPS) is 15.7. The van der Waals surface area contributed by atoms with Crippen molar-refractivity contribution in [1.29, 1.82) is 5.26 Å². The Balaban J connectivity index is 1.69. The van der Waals surface area contributed by atoms with E-state index >= 15 is 0 Å². The van der Waals surface area contributed by atoms with Gasteiger partial charge in [-0.2, -0.15) is 15.5 Å². The van der Waals surface area contributed by atoms with Crippen molar-refractivity contribution in [1.82, 2.24) is 19.4 Å². The molecule has 0 unspecified atom stereocenters. The zero-order valence-corrected chi connectivity index (χ0v) is 17.3. The summed E-state index contributed by atoms with van der Waals surface area (Å²) in [5.41, 5.74) is 3.88. The van der Waals surface area contributed by atoms with Gasteiger partial charge in [-0.1, -0.05) is 19.3 Å². The minimum absolute atomic E-state index is 0.459. The standard InChI is InChI=1S/C24H25N5O/c1-24(2,30)21-12-22-17(15-28(27-22)18-6-4-3-5-7-18)11-20(21)23-9-8-19-10-16(13-25)14-26-29(19)23/h8-12,14-15,18,30H,3-7H2,1-2H3. The van der Waals surface area contributed by atoms with E-state index in [0.29, 0.717) is 11.6 Å². The Hall–Kier alpha value is -3.17. The first kappa shape index (κ1) is 18.8. The molecule has 0 aliphatic heterocycles. The zero-order chi connectivity index (χ0) is 20.9. The molecule has 1 saturated carbocycles. The molecule has 1 N–H and O–H groups in total. The fourth-order valence-corrected chi connectivity index (χ4v) is 4.61. The van der Waals surface area contributed by atoms with Crippen LogP contribution in [0, 0.1) is 11.3 Å². The summed E-state index contributed by atoms with van der Waals surface area (Å²) in [6.07, 6.45) is 9.88. The number of fused-ring (bicyclic) bond motifs is 2. The summed E-state index contributed by atoms with van der Waals surface area (Å²) in [4.78, 5) is 0. The van der Waals surface area contributed by atoms with Crippen LogP contribution in [0.2, 0.25) is 0 Å². The van der Waals surface area contributed by atoms with E-state index in [1.54, 1.807) is 20.0 Å². The van der Waals surface area contributed by atoms with Gasteiger partial charge in [-0.3, -0.25) is 4.68 Å². The highest BCUT2D eigenvalue weighted by Crippen LogP contribution is 2.36. The third-order valence-corrected chi connectivity index (χ3v) is 6.17. The summed E-state index contributed by atoms with van der Waals surface area (Å²) in [5.74, 6) is 0. The van der Waals surface area contributed by atoms with Gasteiger partial charge in [-0.15, -0.1) is 0 Å². The highest BCUT2D eigenvalue weighted by atomic mass is 16.3. The van der Waals surface area contributed by atoms with E-state index in [1.165, 1.54) is 32.1 Å². The molecule has 1 aliphatic rings. The van der Waals surface area contributed by atoms with Crippen LogP contribution in [0.25, 0.3) is 27.7 Å². The van der Waals surface area contributed by atoms with Crippen LogP contribution in [-0.4, -0.2) is 24.5 Å². The van der Waals surface area contributed by atoms with Gasteiger partial charge in [-0.25, -0.2) is 4.52 Å². The van der Waals surface area contributed by atoms with E-state index in [-0.39, 0.29) is 0 Å². The van der Waals surface area contributed by atoms with Gasteiger partial charge in [0.1, 0.15) is 6.07 Å². The van der Waals surface area contributed by atoms with Gasteiger partial charge >= 0.3 is 0 Å². The van der Waals surface area contributed by atoms with E-state index < -0.39 is 5.60 Å². The summed E-state index contributed by atoms with van der Waals surface area (Å²) < 4.78 is 3.94. The van der Waals surface area contributed by atoms with Gasteiger partial charge in [0.15, 0.2) is 0 Å². The molecule has 1 aromatic carbocycles. The molecule has 0 saturated heterocycles. The quantitative estimate of drug-likeness (QED) is 0.528. The van der Waals surface area contributed by atoms with Crippen LogP contribution in [0.1, 0.15) is 63.1 Å². The number of hydrogen-bond donors (Lipinski definition) is 1. The third kappa shape index (κ3) is 3.16. The van der Waals surface area contributed by atoms with Gasteiger partial charge in [0.2, 0.25) is 0 Å². The van der Waals surface area contributed by atoms with Gasteiger partial charge in [-0.05, 0) is 62.6 Å². The van der Waals surface area contributed by atoms with E-state index in [0.717, 1.165) is 33.2 Å². The molecule has 0 spiro atoms. The smallest absolute Gasteiger partial charge is 0.101 e. The van der Waals surface area contributed by atoms with Crippen LogP contribution >= 0.6 is 0 Å². The number of rotatable bonds is 3. The van der Waals surface area contributed by atoms with E-state index in [4.69, 9.17) is 10.4 Å². The van der Waals surface area contributed by atoms with Crippen LogP contribution in [0.4, 0.5) is 0 Å². The maximum Gasteiger partial charge on any atom is 0.101 e. The summed E-state index contributed by atoms with van der Waals surface area (Å²) in [7, 11) is 0. The number of hydrogen-bond acceptors (Lipinski definition) is 4. The topological polar surface area (TPSA) is 79.1 Å². The van der Waals surface area contributed by atoms with Gasteiger partial charge < -0.3 is 5.11 Å². The molecule has 1 aliphatic carbocycles. The second kappa shape index (κ2) is 6.96. The molecule has 0 amide bonds. The number of nitrogens with zero attached hydrogens (tertiary/aromatic N) is 5. The highest BCUT2D eigenvalue weighted by Gasteiger charge is 2.25. The van der Waals surface area contributed by atoms with Crippen molar-refractivity contribution in [2.45, 2.75) is 57.6 Å². The average Bonchev–Trinajstić information content (AvgIpc) is 3.36. The first-order valence-corrected chi connectivity index (χ1v) is 10.6. The molecule has 0 atom stereocenters. The SMILES string of the molecule is CC(C)(O)c1cc2nn(C3CCCCC3)cc2cc1-c1ccc2cc(C#N)cnn12. The predicted octanol–water partition coefficient (Wildman–Crippen LogP) is 4.96. The van der Waals surface area contributed by atoms with E-state index in [1.807, 2.05) is 28.8 Å². The molecule has 152 valence electrons. The Morgan fingerprint density at radius 3 is 2.67 bits per heavy atom.